The first-order valence-corrected chi connectivity index (χ1v) is 15.4. The molecule has 0 saturated carbocycles. The Morgan fingerprint density at radius 3 is 0.870 bits per heavy atom. The summed E-state index contributed by atoms with van der Waals surface area (Å²) < 4.78 is 0. The Morgan fingerprint density at radius 2 is 0.522 bits per heavy atom. The van der Waals surface area contributed by atoms with Crippen molar-refractivity contribution in [2.75, 3.05) is 0 Å². The highest BCUT2D eigenvalue weighted by Gasteiger charge is 2.12. The number of aromatic nitrogens is 4. The summed E-state index contributed by atoms with van der Waals surface area (Å²) in [7, 11) is 0. The Kier molecular flexibility index (Phi) is 6.10. The van der Waals surface area contributed by atoms with Gasteiger partial charge in [0.1, 0.15) is 0 Å². The maximum atomic E-state index is 5.18. The van der Waals surface area contributed by atoms with E-state index < -0.39 is 0 Å². The molecule has 0 spiro atoms. The predicted octanol–water partition coefficient (Wildman–Crippen LogP) is 10.5. The quantitative estimate of drug-likeness (QED) is 0.193. The summed E-state index contributed by atoms with van der Waals surface area (Å²) in [5.41, 5.74) is 11.5. The number of hydrogen-bond donors (Lipinski definition) is 0. The number of rotatable bonds is 4. The van der Waals surface area contributed by atoms with Crippen molar-refractivity contribution in [1.82, 2.24) is 19.9 Å². The smallest absolute Gasteiger partial charge is 0.0972 e. The average molecular weight is 587 g/mol. The summed E-state index contributed by atoms with van der Waals surface area (Å²) in [6, 6.07) is 54.4. The Morgan fingerprint density at radius 1 is 0.239 bits per heavy atom. The Bertz CT molecular complexity index is 2400. The highest BCUT2D eigenvalue weighted by molar-refractivity contribution is 6.05. The summed E-state index contributed by atoms with van der Waals surface area (Å²) in [6.07, 6.45) is 0. The monoisotopic (exact) mass is 586 g/mol. The van der Waals surface area contributed by atoms with Crippen molar-refractivity contribution in [2.24, 2.45) is 0 Å². The third-order valence-electron chi connectivity index (χ3n) is 8.63. The van der Waals surface area contributed by atoms with Gasteiger partial charge in [-0.25, -0.2) is 19.9 Å². The van der Waals surface area contributed by atoms with Gasteiger partial charge in [-0.15, -0.1) is 0 Å². The molecule has 4 heterocycles. The SMILES string of the molecule is c1ccc(-c2ccc3ccc4ccc(-c5cccc(-c6ccc7ccc8ccc(-c9ccccc9)nc8c7n6)c5)nc4c3n2)cc1. The van der Waals surface area contributed by atoms with Crippen molar-refractivity contribution < 1.29 is 0 Å². The zero-order valence-electron chi connectivity index (χ0n) is 24.8. The summed E-state index contributed by atoms with van der Waals surface area (Å²) in [6.45, 7) is 0. The van der Waals surface area contributed by atoms with Crippen LogP contribution in [0.25, 0.3) is 88.6 Å². The minimum Gasteiger partial charge on any atom is -0.245 e. The van der Waals surface area contributed by atoms with E-state index in [1.54, 1.807) is 0 Å². The van der Waals surface area contributed by atoms with E-state index in [-0.39, 0.29) is 0 Å². The lowest BCUT2D eigenvalue weighted by molar-refractivity contribution is 1.35. The van der Waals surface area contributed by atoms with E-state index in [1.165, 1.54) is 0 Å². The van der Waals surface area contributed by atoms with Gasteiger partial charge in [0.05, 0.1) is 44.8 Å². The number of pyridine rings is 4. The first-order chi connectivity index (χ1) is 22.8. The van der Waals surface area contributed by atoms with E-state index in [1.807, 2.05) is 36.4 Å². The normalized spacial score (nSPS) is 11.5. The van der Waals surface area contributed by atoms with Crippen LogP contribution in [0, 0.1) is 0 Å². The highest BCUT2D eigenvalue weighted by atomic mass is 14.8. The van der Waals surface area contributed by atoms with E-state index in [0.29, 0.717) is 0 Å². The molecule has 9 aromatic rings. The molecule has 0 aliphatic carbocycles. The van der Waals surface area contributed by atoms with Gasteiger partial charge in [0.15, 0.2) is 0 Å². The Hall–Kier alpha value is -6.26. The van der Waals surface area contributed by atoms with E-state index >= 15 is 0 Å². The molecule has 0 fully saturated rings. The number of nitrogens with zero attached hydrogens (tertiary/aromatic N) is 4. The summed E-state index contributed by atoms with van der Waals surface area (Å²) in [5.74, 6) is 0. The molecule has 0 aliphatic heterocycles. The molecule has 46 heavy (non-hydrogen) atoms. The molecule has 4 heteroatoms. The number of benzene rings is 5. The van der Waals surface area contributed by atoms with Crippen LogP contribution in [0.4, 0.5) is 0 Å². The van der Waals surface area contributed by atoms with Crippen LogP contribution in [-0.4, -0.2) is 19.9 Å². The zero-order valence-corrected chi connectivity index (χ0v) is 24.8. The number of hydrogen-bond acceptors (Lipinski definition) is 4. The fourth-order valence-electron chi connectivity index (χ4n) is 6.23. The molecule has 0 aliphatic rings. The summed E-state index contributed by atoms with van der Waals surface area (Å²) >= 11 is 0. The van der Waals surface area contributed by atoms with Crippen LogP contribution in [0.1, 0.15) is 0 Å². The van der Waals surface area contributed by atoms with Gasteiger partial charge in [-0.3, -0.25) is 0 Å². The van der Waals surface area contributed by atoms with Crippen molar-refractivity contribution >= 4 is 43.6 Å². The lowest BCUT2D eigenvalue weighted by atomic mass is 10.0. The molecule has 0 amide bonds. The average Bonchev–Trinajstić information content (AvgIpc) is 3.14. The van der Waals surface area contributed by atoms with Gasteiger partial charge in [0.2, 0.25) is 0 Å². The second kappa shape index (κ2) is 10.7. The second-order valence-electron chi connectivity index (χ2n) is 11.5. The molecule has 0 atom stereocenters. The van der Waals surface area contributed by atoms with Crippen LogP contribution in [0.3, 0.4) is 0 Å². The molecule has 0 N–H and O–H groups in total. The minimum absolute atomic E-state index is 0.897. The molecule has 214 valence electrons. The third kappa shape index (κ3) is 4.56. The lowest BCUT2D eigenvalue weighted by Gasteiger charge is -2.10. The maximum absolute atomic E-state index is 5.18. The lowest BCUT2D eigenvalue weighted by Crippen LogP contribution is -1.92. The molecule has 0 saturated heterocycles. The van der Waals surface area contributed by atoms with Crippen molar-refractivity contribution in [3.63, 3.8) is 0 Å². The molecule has 0 radical (unpaired) electrons. The van der Waals surface area contributed by atoms with Gasteiger partial charge in [0, 0.05) is 43.8 Å². The fourth-order valence-corrected chi connectivity index (χ4v) is 6.23. The molecule has 9 rings (SSSR count). The van der Waals surface area contributed by atoms with Crippen LogP contribution < -0.4 is 0 Å². The largest absolute Gasteiger partial charge is 0.245 e. The van der Waals surface area contributed by atoms with Crippen molar-refractivity contribution in [3.05, 3.63) is 158 Å². The van der Waals surface area contributed by atoms with Gasteiger partial charge < -0.3 is 0 Å². The van der Waals surface area contributed by atoms with Crippen LogP contribution in [0.5, 0.6) is 0 Å². The second-order valence-corrected chi connectivity index (χ2v) is 11.5. The molecule has 4 aromatic heterocycles. The number of fused-ring (bicyclic) bond motifs is 6. The van der Waals surface area contributed by atoms with Gasteiger partial charge >= 0.3 is 0 Å². The Labute approximate surface area is 265 Å². The van der Waals surface area contributed by atoms with Crippen LogP contribution >= 0.6 is 0 Å². The van der Waals surface area contributed by atoms with Crippen molar-refractivity contribution in [3.8, 4) is 45.0 Å². The van der Waals surface area contributed by atoms with Crippen molar-refractivity contribution in [2.45, 2.75) is 0 Å². The third-order valence-corrected chi connectivity index (χ3v) is 8.63. The first kappa shape index (κ1) is 26.2. The van der Waals surface area contributed by atoms with Gasteiger partial charge in [-0.1, -0.05) is 127 Å². The summed E-state index contributed by atoms with van der Waals surface area (Å²) in [4.78, 5) is 20.5. The maximum Gasteiger partial charge on any atom is 0.0972 e. The van der Waals surface area contributed by atoms with Crippen LogP contribution in [0.15, 0.2) is 158 Å². The minimum atomic E-state index is 0.897. The fraction of sp³-hybridized carbons (Fsp3) is 0. The summed E-state index contributed by atoms with van der Waals surface area (Å²) in [5, 5.41) is 4.27. The van der Waals surface area contributed by atoms with Crippen LogP contribution in [0.2, 0.25) is 0 Å². The standard InChI is InChI=1S/C42H26N4/c1-3-8-27(9-4-1)35-22-18-29-14-16-31-20-24-37(45-41(31)39(29)43-35)33-12-7-13-34(26-33)38-25-21-32-17-15-30-19-23-36(28-10-5-2-6-11-28)44-40(30)42(32)46-38/h1-26H. The Balaban J connectivity index is 1.15. The highest BCUT2D eigenvalue weighted by Crippen LogP contribution is 2.32. The topological polar surface area (TPSA) is 51.6 Å². The first-order valence-electron chi connectivity index (χ1n) is 15.4. The van der Waals surface area contributed by atoms with E-state index in [4.69, 9.17) is 19.9 Å². The molecule has 0 unspecified atom stereocenters. The van der Waals surface area contributed by atoms with Gasteiger partial charge in [-0.05, 0) is 30.3 Å². The van der Waals surface area contributed by atoms with Crippen LogP contribution in [-0.2, 0) is 0 Å². The molecular weight excluding hydrogens is 560 g/mol. The van der Waals surface area contributed by atoms with E-state index in [0.717, 1.165) is 88.6 Å². The predicted molar refractivity (Wildman–Crippen MR) is 189 cm³/mol. The van der Waals surface area contributed by atoms with Gasteiger partial charge in [-0.2, -0.15) is 0 Å². The van der Waals surface area contributed by atoms with E-state index in [9.17, 15) is 0 Å². The van der Waals surface area contributed by atoms with Crippen molar-refractivity contribution in [1.29, 1.82) is 0 Å². The molecule has 5 aromatic carbocycles. The van der Waals surface area contributed by atoms with Gasteiger partial charge in [0.25, 0.3) is 0 Å². The zero-order chi connectivity index (χ0) is 30.5. The molecule has 0 bridgehead atoms. The van der Waals surface area contributed by atoms with E-state index in [2.05, 4.69) is 121 Å². The molecular formula is C42H26N4. The molecule has 4 nitrogen and oxygen atoms in total.